The molecule has 2 heterocycles. The lowest BCUT2D eigenvalue weighted by Gasteiger charge is -2.34. The molecule has 6 heteroatoms. The fourth-order valence-electron chi connectivity index (χ4n) is 3.85. The molecule has 27 heavy (non-hydrogen) atoms. The molecule has 2 aromatic rings. The minimum absolute atomic E-state index is 0.162. The molecule has 0 spiro atoms. The average molecular weight is 366 g/mol. The fraction of sp³-hybridized carbons (Fsp3) is 0.333. The van der Waals surface area contributed by atoms with Crippen LogP contribution in [0.4, 0.5) is 5.69 Å². The van der Waals surface area contributed by atoms with Crippen molar-refractivity contribution in [1.29, 1.82) is 0 Å². The number of carbonyl (C=O) groups excluding carboxylic acids is 2. The maximum Gasteiger partial charge on any atom is 0.261 e. The third-order valence-electron chi connectivity index (χ3n) is 5.46. The van der Waals surface area contributed by atoms with E-state index >= 15 is 0 Å². The van der Waals surface area contributed by atoms with E-state index in [-0.39, 0.29) is 11.8 Å². The van der Waals surface area contributed by atoms with E-state index in [9.17, 15) is 9.59 Å². The number of anilines is 1. The van der Waals surface area contributed by atoms with Crippen molar-refractivity contribution in [1.82, 2.24) is 4.90 Å². The third kappa shape index (κ3) is 3.40. The second kappa shape index (κ2) is 7.40. The molecular weight excluding hydrogens is 342 g/mol. The fourth-order valence-corrected chi connectivity index (χ4v) is 3.85. The largest absolute Gasteiger partial charge is 0.497 e. The van der Waals surface area contributed by atoms with Gasteiger partial charge in [-0.05, 0) is 24.3 Å². The zero-order chi connectivity index (χ0) is 18.8. The standard InChI is InChI=1S/C21H23N3O3/c1-27-17-6-4-5-16(15-17)23-12-9-22(10-13-23)11-14-24-20(25)18-7-2-3-8-19(18)21(24)26/h2-8,15H,9-14H2,1H3/p+1. The number of methoxy groups -OCH3 is 1. The van der Waals surface area contributed by atoms with E-state index in [1.807, 2.05) is 12.1 Å². The summed E-state index contributed by atoms with van der Waals surface area (Å²) in [6, 6.07) is 15.2. The third-order valence-corrected chi connectivity index (χ3v) is 5.46. The summed E-state index contributed by atoms with van der Waals surface area (Å²) in [5, 5.41) is 0. The Bertz CT molecular complexity index is 824. The van der Waals surface area contributed by atoms with Gasteiger partial charge in [0.2, 0.25) is 0 Å². The van der Waals surface area contributed by atoms with Crippen molar-refractivity contribution >= 4 is 17.5 Å². The van der Waals surface area contributed by atoms with Gasteiger partial charge in [0.15, 0.2) is 0 Å². The van der Waals surface area contributed by atoms with Crippen LogP contribution in [0.1, 0.15) is 20.7 Å². The van der Waals surface area contributed by atoms with E-state index in [1.54, 1.807) is 31.4 Å². The van der Waals surface area contributed by atoms with Gasteiger partial charge in [0.05, 0.1) is 57.5 Å². The number of benzene rings is 2. The van der Waals surface area contributed by atoms with Gasteiger partial charge in [0, 0.05) is 11.8 Å². The first-order valence-electron chi connectivity index (χ1n) is 9.35. The molecule has 0 aromatic heterocycles. The lowest BCUT2D eigenvalue weighted by atomic mass is 10.1. The summed E-state index contributed by atoms with van der Waals surface area (Å²) >= 11 is 0. The predicted molar refractivity (Wildman–Crippen MR) is 103 cm³/mol. The summed E-state index contributed by atoms with van der Waals surface area (Å²) in [5.74, 6) is 0.544. The van der Waals surface area contributed by atoms with Crippen LogP contribution in [0.5, 0.6) is 5.75 Å². The van der Waals surface area contributed by atoms with Crippen LogP contribution in [0.3, 0.4) is 0 Å². The van der Waals surface area contributed by atoms with Gasteiger partial charge in [-0.3, -0.25) is 14.5 Å². The molecule has 1 N–H and O–H groups in total. The number of piperazine rings is 1. The van der Waals surface area contributed by atoms with Crippen LogP contribution >= 0.6 is 0 Å². The molecule has 2 aliphatic heterocycles. The Hall–Kier alpha value is -2.86. The number of fused-ring (bicyclic) bond motifs is 1. The number of rotatable bonds is 5. The van der Waals surface area contributed by atoms with Crippen molar-refractivity contribution in [3.05, 3.63) is 59.7 Å². The second-order valence-corrected chi connectivity index (χ2v) is 7.00. The predicted octanol–water partition coefficient (Wildman–Crippen LogP) is 0.696. The van der Waals surface area contributed by atoms with Gasteiger partial charge in [0.1, 0.15) is 5.75 Å². The first-order chi connectivity index (χ1) is 13.2. The normalized spacial score (nSPS) is 17.4. The van der Waals surface area contributed by atoms with Crippen molar-refractivity contribution in [3.63, 3.8) is 0 Å². The van der Waals surface area contributed by atoms with Gasteiger partial charge in [-0.1, -0.05) is 18.2 Å². The van der Waals surface area contributed by atoms with Crippen LogP contribution in [0.25, 0.3) is 0 Å². The molecule has 1 saturated heterocycles. The molecule has 6 nitrogen and oxygen atoms in total. The number of nitrogens with one attached hydrogen (secondary N) is 1. The molecular formula is C21H24N3O3+. The molecule has 0 bridgehead atoms. The first-order valence-corrected chi connectivity index (χ1v) is 9.35. The summed E-state index contributed by atoms with van der Waals surface area (Å²) in [6.07, 6.45) is 0. The number of nitrogens with zero attached hydrogens (tertiary/aromatic N) is 2. The topological polar surface area (TPSA) is 54.3 Å². The van der Waals surface area contributed by atoms with Crippen molar-refractivity contribution in [3.8, 4) is 5.75 Å². The van der Waals surface area contributed by atoms with Gasteiger partial charge in [-0.2, -0.15) is 0 Å². The van der Waals surface area contributed by atoms with Gasteiger partial charge in [-0.15, -0.1) is 0 Å². The number of hydrogen-bond donors (Lipinski definition) is 1. The molecule has 2 aromatic carbocycles. The van der Waals surface area contributed by atoms with Gasteiger partial charge in [0.25, 0.3) is 11.8 Å². The summed E-state index contributed by atoms with van der Waals surface area (Å²) in [5.41, 5.74) is 2.23. The smallest absolute Gasteiger partial charge is 0.261 e. The highest BCUT2D eigenvalue weighted by atomic mass is 16.5. The Kier molecular flexibility index (Phi) is 4.81. The van der Waals surface area contributed by atoms with E-state index in [2.05, 4.69) is 17.0 Å². The minimum atomic E-state index is -0.162. The Morgan fingerprint density at radius 2 is 1.63 bits per heavy atom. The molecule has 0 radical (unpaired) electrons. The Balaban J connectivity index is 1.31. The van der Waals surface area contributed by atoms with Crippen molar-refractivity contribution in [2.75, 3.05) is 51.3 Å². The summed E-state index contributed by atoms with van der Waals surface area (Å²) in [6.45, 7) is 5.13. The molecule has 4 rings (SSSR count). The van der Waals surface area contributed by atoms with Gasteiger partial charge < -0.3 is 14.5 Å². The number of carbonyl (C=O) groups is 2. The Morgan fingerprint density at radius 1 is 0.963 bits per heavy atom. The molecule has 2 amide bonds. The molecule has 0 aliphatic carbocycles. The first kappa shape index (κ1) is 17.5. The van der Waals surface area contributed by atoms with Crippen LogP contribution in [0, 0.1) is 0 Å². The number of quaternary nitrogens is 1. The van der Waals surface area contributed by atoms with E-state index in [4.69, 9.17) is 4.74 Å². The second-order valence-electron chi connectivity index (χ2n) is 7.00. The highest BCUT2D eigenvalue weighted by molar-refractivity contribution is 6.21. The van der Waals surface area contributed by atoms with E-state index in [0.29, 0.717) is 17.7 Å². The molecule has 1 fully saturated rings. The summed E-state index contributed by atoms with van der Waals surface area (Å²) < 4.78 is 5.31. The summed E-state index contributed by atoms with van der Waals surface area (Å²) in [4.78, 5) is 30.1. The summed E-state index contributed by atoms with van der Waals surface area (Å²) in [7, 11) is 1.68. The quantitative estimate of drug-likeness (QED) is 0.792. The van der Waals surface area contributed by atoms with Crippen LogP contribution in [-0.4, -0.2) is 63.1 Å². The average Bonchev–Trinajstić information content (AvgIpc) is 2.97. The number of hydrogen-bond acceptors (Lipinski definition) is 4. The van der Waals surface area contributed by atoms with E-state index < -0.39 is 0 Å². The lowest BCUT2D eigenvalue weighted by Crippen LogP contribution is -3.15. The SMILES string of the molecule is COc1cccc(N2CC[NH+](CCN3C(=O)c4ccccc4C3=O)CC2)c1. The van der Waals surface area contributed by atoms with Crippen LogP contribution < -0.4 is 14.5 Å². The van der Waals surface area contributed by atoms with Gasteiger partial charge >= 0.3 is 0 Å². The zero-order valence-corrected chi connectivity index (χ0v) is 15.5. The van der Waals surface area contributed by atoms with E-state index in [0.717, 1.165) is 38.5 Å². The molecule has 140 valence electrons. The molecule has 0 saturated carbocycles. The van der Waals surface area contributed by atoms with Crippen molar-refractivity contribution < 1.29 is 19.2 Å². The Morgan fingerprint density at radius 3 is 2.26 bits per heavy atom. The highest BCUT2D eigenvalue weighted by Crippen LogP contribution is 2.22. The maximum atomic E-state index is 12.5. The number of amides is 2. The van der Waals surface area contributed by atoms with Crippen LogP contribution in [0.2, 0.25) is 0 Å². The minimum Gasteiger partial charge on any atom is -0.497 e. The van der Waals surface area contributed by atoms with Gasteiger partial charge in [-0.25, -0.2) is 0 Å². The lowest BCUT2D eigenvalue weighted by molar-refractivity contribution is -0.899. The van der Waals surface area contributed by atoms with Crippen LogP contribution in [0.15, 0.2) is 48.5 Å². The van der Waals surface area contributed by atoms with Crippen LogP contribution in [-0.2, 0) is 0 Å². The zero-order valence-electron chi connectivity index (χ0n) is 15.5. The molecule has 0 atom stereocenters. The van der Waals surface area contributed by atoms with Crippen molar-refractivity contribution in [2.24, 2.45) is 0 Å². The highest BCUT2D eigenvalue weighted by Gasteiger charge is 2.35. The maximum absolute atomic E-state index is 12.5. The number of ether oxygens (including phenoxy) is 1. The molecule has 2 aliphatic rings. The monoisotopic (exact) mass is 366 g/mol. The van der Waals surface area contributed by atoms with E-state index in [1.165, 1.54) is 15.5 Å². The number of imide groups is 1. The molecule has 0 unspecified atom stereocenters. The Labute approximate surface area is 158 Å². The van der Waals surface area contributed by atoms with Crippen molar-refractivity contribution in [2.45, 2.75) is 0 Å².